The minimum atomic E-state index is -1.23. The lowest BCUT2D eigenvalue weighted by Crippen LogP contribution is -2.41. The Hall–Kier alpha value is -1.24. The van der Waals surface area contributed by atoms with Crippen LogP contribution < -0.4 is 9.46 Å². The molecule has 1 aromatic heterocycles. The predicted molar refractivity (Wildman–Crippen MR) is 114 cm³/mol. The van der Waals surface area contributed by atoms with Gasteiger partial charge in [-0.05, 0) is 43.7 Å². The Morgan fingerprint density at radius 1 is 1.30 bits per heavy atom. The molecule has 2 aromatic rings. The van der Waals surface area contributed by atoms with Crippen molar-refractivity contribution in [2.75, 3.05) is 13.7 Å². The van der Waals surface area contributed by atoms with Crippen LogP contribution in [0.15, 0.2) is 49.3 Å². The zero-order valence-electron chi connectivity index (χ0n) is 15.7. The van der Waals surface area contributed by atoms with E-state index in [0.717, 1.165) is 11.1 Å². The van der Waals surface area contributed by atoms with E-state index in [1.807, 2.05) is 32.0 Å². The van der Waals surface area contributed by atoms with E-state index >= 15 is 0 Å². The summed E-state index contributed by atoms with van der Waals surface area (Å²) in [6.07, 6.45) is 5.70. The Morgan fingerprint density at radius 2 is 1.96 bits per heavy atom. The van der Waals surface area contributed by atoms with Crippen molar-refractivity contribution in [1.29, 1.82) is 0 Å². The van der Waals surface area contributed by atoms with Crippen LogP contribution >= 0.6 is 23.2 Å². The number of rotatable bonds is 9. The van der Waals surface area contributed by atoms with Gasteiger partial charge in [0.05, 0.1) is 10.0 Å². The first kappa shape index (κ1) is 22.1. The molecule has 2 atom stereocenters. The standard InChI is InChI=1S/C20H24Cl2N2O2S/c1-5-12-26-17-7-6-16(21)19(22)18(17)15(14-8-10-24-11-9-14)13-20(2,3)27(25)23-4/h5-11,15,23H,1,12-13H2,2-4H3. The summed E-state index contributed by atoms with van der Waals surface area (Å²) in [6, 6.07) is 7.38. The fourth-order valence-corrected chi connectivity index (χ4v) is 4.30. The number of nitrogens with zero attached hydrogens (tertiary/aromatic N) is 1. The number of pyridine rings is 1. The lowest BCUT2D eigenvalue weighted by atomic mass is 9.84. The van der Waals surface area contributed by atoms with Gasteiger partial charge in [0, 0.05) is 48.7 Å². The summed E-state index contributed by atoms with van der Waals surface area (Å²) in [5.74, 6) is 0.462. The number of halogens is 2. The molecule has 2 rings (SSSR count). The van der Waals surface area contributed by atoms with Gasteiger partial charge in [-0.2, -0.15) is 0 Å². The van der Waals surface area contributed by atoms with E-state index in [2.05, 4.69) is 16.3 Å². The number of hydrogen-bond acceptors (Lipinski definition) is 4. The summed E-state index contributed by atoms with van der Waals surface area (Å²) >= 11 is 11.7. The van der Waals surface area contributed by atoms with Crippen LogP contribution in [0.1, 0.15) is 37.3 Å². The minimum Gasteiger partial charge on any atom is -0.598 e. The Balaban J connectivity index is 2.60. The second kappa shape index (κ2) is 9.80. The molecule has 1 N–H and O–H groups in total. The molecule has 1 heterocycles. The summed E-state index contributed by atoms with van der Waals surface area (Å²) in [7, 11) is 1.68. The van der Waals surface area contributed by atoms with E-state index in [9.17, 15) is 4.55 Å². The predicted octanol–water partition coefficient (Wildman–Crippen LogP) is 5.14. The molecule has 2 unspecified atom stereocenters. The lowest BCUT2D eigenvalue weighted by molar-refractivity contribution is 0.355. The van der Waals surface area contributed by atoms with E-state index in [1.54, 1.807) is 31.6 Å². The van der Waals surface area contributed by atoms with Crippen molar-refractivity contribution in [3.63, 3.8) is 0 Å². The molecule has 146 valence electrons. The SMILES string of the molecule is C=CCOc1ccc(Cl)c(Cl)c1C(CC(C)(C)[S+]([O-])NC)c1ccncc1. The van der Waals surface area contributed by atoms with Crippen molar-refractivity contribution < 1.29 is 9.29 Å². The lowest BCUT2D eigenvalue weighted by Gasteiger charge is -2.32. The summed E-state index contributed by atoms with van der Waals surface area (Å²) in [4.78, 5) is 4.11. The molecular formula is C20H24Cl2N2O2S. The van der Waals surface area contributed by atoms with Gasteiger partial charge < -0.3 is 9.29 Å². The highest BCUT2D eigenvalue weighted by Crippen LogP contribution is 2.45. The minimum absolute atomic E-state index is 0.175. The van der Waals surface area contributed by atoms with E-state index in [1.165, 1.54) is 0 Å². The molecule has 0 amide bonds. The van der Waals surface area contributed by atoms with E-state index in [4.69, 9.17) is 27.9 Å². The van der Waals surface area contributed by atoms with Gasteiger partial charge in [0.15, 0.2) is 0 Å². The Labute approximate surface area is 174 Å². The van der Waals surface area contributed by atoms with Gasteiger partial charge in [-0.3, -0.25) is 4.98 Å². The van der Waals surface area contributed by atoms with E-state index in [-0.39, 0.29) is 5.92 Å². The average molecular weight is 427 g/mol. The van der Waals surface area contributed by atoms with Gasteiger partial charge in [-0.1, -0.05) is 35.9 Å². The van der Waals surface area contributed by atoms with Crippen LogP contribution in [0, 0.1) is 0 Å². The van der Waals surface area contributed by atoms with Crippen LogP contribution in [0.25, 0.3) is 0 Å². The summed E-state index contributed by atoms with van der Waals surface area (Å²) in [5, 5.41) is 0.885. The van der Waals surface area contributed by atoms with Crippen LogP contribution in [-0.2, 0) is 11.4 Å². The third-order valence-electron chi connectivity index (χ3n) is 4.29. The highest BCUT2D eigenvalue weighted by molar-refractivity contribution is 7.90. The molecule has 0 radical (unpaired) electrons. The second-order valence-corrected chi connectivity index (χ2v) is 9.48. The van der Waals surface area contributed by atoms with Crippen molar-refractivity contribution >= 4 is 34.6 Å². The number of benzene rings is 1. The molecule has 0 saturated carbocycles. The van der Waals surface area contributed by atoms with Crippen molar-refractivity contribution in [2.24, 2.45) is 0 Å². The fraction of sp³-hybridized carbons (Fsp3) is 0.350. The molecule has 0 bridgehead atoms. The van der Waals surface area contributed by atoms with Gasteiger partial charge in [0.25, 0.3) is 0 Å². The fourth-order valence-electron chi connectivity index (χ4n) is 2.97. The summed E-state index contributed by atoms with van der Waals surface area (Å²) in [6.45, 7) is 7.96. The third-order valence-corrected chi connectivity index (χ3v) is 6.65. The molecule has 27 heavy (non-hydrogen) atoms. The molecule has 7 heteroatoms. The van der Waals surface area contributed by atoms with Gasteiger partial charge in [0.1, 0.15) is 17.1 Å². The maximum Gasteiger partial charge on any atom is 0.140 e. The number of nitrogens with one attached hydrogen (secondary N) is 1. The molecule has 0 aliphatic heterocycles. The van der Waals surface area contributed by atoms with Crippen LogP contribution in [0.3, 0.4) is 0 Å². The average Bonchev–Trinajstić information content (AvgIpc) is 2.67. The van der Waals surface area contributed by atoms with Crippen molar-refractivity contribution in [3.8, 4) is 5.75 Å². The highest BCUT2D eigenvalue weighted by atomic mass is 35.5. The first-order valence-electron chi connectivity index (χ1n) is 8.52. The van der Waals surface area contributed by atoms with E-state index in [0.29, 0.717) is 28.8 Å². The Morgan fingerprint density at radius 3 is 2.56 bits per heavy atom. The third kappa shape index (κ3) is 5.39. The normalized spacial score (nSPS) is 13.9. The van der Waals surface area contributed by atoms with Gasteiger partial charge in [-0.15, -0.1) is 4.72 Å². The summed E-state index contributed by atoms with van der Waals surface area (Å²) < 4.78 is 20.7. The molecule has 0 aliphatic rings. The molecule has 0 aliphatic carbocycles. The maximum atomic E-state index is 12.5. The Kier molecular flexibility index (Phi) is 8.01. The summed E-state index contributed by atoms with van der Waals surface area (Å²) in [5.41, 5.74) is 1.78. The maximum absolute atomic E-state index is 12.5. The molecule has 0 saturated heterocycles. The number of aromatic nitrogens is 1. The molecule has 0 spiro atoms. The van der Waals surface area contributed by atoms with Gasteiger partial charge in [0.2, 0.25) is 0 Å². The first-order valence-corrected chi connectivity index (χ1v) is 10.4. The zero-order chi connectivity index (χ0) is 20.0. The molecule has 1 aromatic carbocycles. The number of ether oxygens (including phenoxy) is 1. The second-order valence-electron chi connectivity index (χ2n) is 6.64. The first-order chi connectivity index (χ1) is 12.8. The Bertz CT molecular complexity index is 772. The van der Waals surface area contributed by atoms with Crippen LogP contribution in [0.2, 0.25) is 10.0 Å². The largest absolute Gasteiger partial charge is 0.598 e. The molecule has 4 nitrogen and oxygen atoms in total. The van der Waals surface area contributed by atoms with Crippen LogP contribution in [0.4, 0.5) is 0 Å². The number of hydrogen-bond donors (Lipinski definition) is 1. The van der Waals surface area contributed by atoms with E-state index < -0.39 is 16.1 Å². The monoisotopic (exact) mass is 426 g/mol. The molecule has 0 fully saturated rings. The van der Waals surface area contributed by atoms with Gasteiger partial charge >= 0.3 is 0 Å². The van der Waals surface area contributed by atoms with Gasteiger partial charge in [-0.25, -0.2) is 0 Å². The zero-order valence-corrected chi connectivity index (χ0v) is 18.0. The van der Waals surface area contributed by atoms with Crippen molar-refractivity contribution in [1.82, 2.24) is 9.71 Å². The van der Waals surface area contributed by atoms with Crippen molar-refractivity contribution in [3.05, 3.63) is 70.5 Å². The molecular weight excluding hydrogens is 403 g/mol. The van der Waals surface area contributed by atoms with Crippen LogP contribution in [-0.4, -0.2) is 27.9 Å². The topological polar surface area (TPSA) is 57.2 Å². The van der Waals surface area contributed by atoms with Crippen molar-refractivity contribution in [2.45, 2.75) is 30.9 Å². The van der Waals surface area contributed by atoms with Crippen LogP contribution in [0.5, 0.6) is 5.75 Å². The smallest absolute Gasteiger partial charge is 0.140 e. The highest BCUT2D eigenvalue weighted by Gasteiger charge is 2.37. The quantitative estimate of drug-likeness (QED) is 0.445.